The summed E-state index contributed by atoms with van der Waals surface area (Å²) in [6, 6.07) is 3.48. The number of ether oxygens (including phenoxy) is 1. The average molecular weight is 431 g/mol. The van der Waals surface area contributed by atoms with Gasteiger partial charge in [-0.25, -0.2) is 13.4 Å². The molecule has 3 heterocycles. The molecule has 8 nitrogen and oxygen atoms in total. The Kier molecular flexibility index (Phi) is 7.14. The van der Waals surface area contributed by atoms with Crippen LogP contribution in [0.5, 0.6) is 0 Å². The fraction of sp³-hybridized carbons (Fsp3) is 0.667. The summed E-state index contributed by atoms with van der Waals surface area (Å²) >= 11 is 5.89. The minimum Gasteiger partial charge on any atom is -0.383 e. The number of pyridine rings is 1. The Hall–Kier alpha value is -1.42. The number of carbonyl (C=O) groups is 1. The number of rotatable bonds is 7. The van der Waals surface area contributed by atoms with E-state index in [1.54, 1.807) is 18.2 Å². The molecule has 2 aliphatic rings. The van der Waals surface area contributed by atoms with Crippen LogP contribution in [0.3, 0.4) is 0 Å². The summed E-state index contributed by atoms with van der Waals surface area (Å²) in [5.41, 5.74) is 0. The largest absolute Gasteiger partial charge is 0.383 e. The molecule has 0 radical (unpaired) electrons. The third-order valence-electron chi connectivity index (χ3n) is 5.27. The van der Waals surface area contributed by atoms with Gasteiger partial charge < -0.3 is 14.5 Å². The SMILES string of the molecule is COCCN(C(=O)CN1CCN(c2ccc(Cl)cn2)CC1)C1CCS(=O)(=O)C1. The first-order chi connectivity index (χ1) is 13.4. The van der Waals surface area contributed by atoms with E-state index < -0.39 is 9.84 Å². The number of anilines is 1. The number of methoxy groups -OCH3 is 1. The van der Waals surface area contributed by atoms with Gasteiger partial charge in [-0.2, -0.15) is 0 Å². The van der Waals surface area contributed by atoms with Gasteiger partial charge in [0.15, 0.2) is 9.84 Å². The molecule has 0 spiro atoms. The van der Waals surface area contributed by atoms with Crippen LogP contribution in [0.25, 0.3) is 0 Å². The maximum atomic E-state index is 12.9. The normalized spacial score (nSPS) is 22.4. The minimum absolute atomic E-state index is 0.0304. The summed E-state index contributed by atoms with van der Waals surface area (Å²) in [7, 11) is -1.46. The highest BCUT2D eigenvalue weighted by atomic mass is 35.5. The first-order valence-corrected chi connectivity index (χ1v) is 11.7. The molecule has 1 unspecified atom stereocenters. The monoisotopic (exact) mass is 430 g/mol. The number of hydrogen-bond donors (Lipinski definition) is 0. The zero-order valence-corrected chi connectivity index (χ0v) is 17.7. The molecule has 3 rings (SSSR count). The van der Waals surface area contributed by atoms with Gasteiger partial charge in [0.1, 0.15) is 5.82 Å². The molecule has 0 N–H and O–H groups in total. The lowest BCUT2D eigenvalue weighted by molar-refractivity contribution is -0.135. The van der Waals surface area contributed by atoms with Gasteiger partial charge in [-0.05, 0) is 18.6 Å². The van der Waals surface area contributed by atoms with E-state index in [4.69, 9.17) is 16.3 Å². The minimum atomic E-state index is -3.04. The van der Waals surface area contributed by atoms with E-state index in [0.717, 1.165) is 32.0 Å². The number of piperazine rings is 1. The van der Waals surface area contributed by atoms with Crippen molar-refractivity contribution in [1.82, 2.24) is 14.8 Å². The molecule has 2 aliphatic heterocycles. The molecule has 0 aliphatic carbocycles. The summed E-state index contributed by atoms with van der Waals surface area (Å²) in [5, 5.41) is 0.609. The molecular weight excluding hydrogens is 404 g/mol. The van der Waals surface area contributed by atoms with E-state index in [1.807, 2.05) is 12.1 Å². The molecule has 2 saturated heterocycles. The molecule has 1 aromatic heterocycles. The zero-order valence-electron chi connectivity index (χ0n) is 16.1. The van der Waals surface area contributed by atoms with Crippen LogP contribution in [0.4, 0.5) is 5.82 Å². The van der Waals surface area contributed by atoms with E-state index in [2.05, 4.69) is 14.8 Å². The van der Waals surface area contributed by atoms with Crippen LogP contribution in [0.1, 0.15) is 6.42 Å². The zero-order chi connectivity index (χ0) is 20.1. The molecule has 2 fully saturated rings. The van der Waals surface area contributed by atoms with Crippen LogP contribution in [0, 0.1) is 0 Å². The van der Waals surface area contributed by atoms with Crippen molar-refractivity contribution in [2.24, 2.45) is 0 Å². The van der Waals surface area contributed by atoms with Crippen LogP contribution in [0.2, 0.25) is 5.02 Å². The summed E-state index contributed by atoms with van der Waals surface area (Å²) in [4.78, 5) is 23.2. The third kappa shape index (κ3) is 5.56. The van der Waals surface area contributed by atoms with Crippen molar-refractivity contribution >= 4 is 33.2 Å². The molecule has 1 amide bonds. The highest BCUT2D eigenvalue weighted by Gasteiger charge is 2.35. The van der Waals surface area contributed by atoms with Crippen LogP contribution in [-0.2, 0) is 19.4 Å². The molecule has 156 valence electrons. The van der Waals surface area contributed by atoms with Gasteiger partial charge in [-0.15, -0.1) is 0 Å². The maximum absolute atomic E-state index is 12.9. The first-order valence-electron chi connectivity index (χ1n) is 9.45. The number of nitrogens with zero attached hydrogens (tertiary/aromatic N) is 4. The Morgan fingerprint density at radius 2 is 2.07 bits per heavy atom. The van der Waals surface area contributed by atoms with Gasteiger partial charge in [0.25, 0.3) is 0 Å². The van der Waals surface area contributed by atoms with Crippen molar-refractivity contribution in [2.45, 2.75) is 12.5 Å². The molecule has 10 heteroatoms. The summed E-state index contributed by atoms with van der Waals surface area (Å²) < 4.78 is 28.8. The van der Waals surface area contributed by atoms with Crippen LogP contribution in [-0.4, -0.2) is 99.6 Å². The highest BCUT2D eigenvalue weighted by Crippen LogP contribution is 2.19. The topological polar surface area (TPSA) is 83.1 Å². The van der Waals surface area contributed by atoms with Crippen molar-refractivity contribution < 1.29 is 17.9 Å². The number of hydrogen-bond acceptors (Lipinski definition) is 7. The lowest BCUT2D eigenvalue weighted by atomic mass is 10.2. The Morgan fingerprint density at radius 1 is 1.32 bits per heavy atom. The molecule has 0 aromatic carbocycles. The molecule has 0 saturated carbocycles. The second-order valence-corrected chi connectivity index (χ2v) is 9.90. The van der Waals surface area contributed by atoms with Crippen molar-refractivity contribution in [2.75, 3.05) is 69.4 Å². The van der Waals surface area contributed by atoms with Crippen LogP contribution >= 0.6 is 11.6 Å². The fourth-order valence-corrected chi connectivity index (χ4v) is 5.54. The van der Waals surface area contributed by atoms with E-state index in [9.17, 15) is 13.2 Å². The summed E-state index contributed by atoms with van der Waals surface area (Å²) in [6.45, 7) is 4.16. The molecule has 28 heavy (non-hydrogen) atoms. The molecular formula is C18H27ClN4O4S. The number of aromatic nitrogens is 1. The lowest BCUT2D eigenvalue weighted by Gasteiger charge is -2.36. The lowest BCUT2D eigenvalue weighted by Crippen LogP contribution is -2.52. The van der Waals surface area contributed by atoms with Gasteiger partial charge in [0, 0.05) is 52.1 Å². The second kappa shape index (κ2) is 9.39. The number of carbonyl (C=O) groups excluding carboxylic acids is 1. The van der Waals surface area contributed by atoms with Crippen LogP contribution < -0.4 is 4.90 Å². The molecule has 0 bridgehead atoms. The quantitative estimate of drug-likeness (QED) is 0.623. The summed E-state index contributed by atoms with van der Waals surface area (Å²) in [5.74, 6) is 1.06. The van der Waals surface area contributed by atoms with E-state index >= 15 is 0 Å². The average Bonchev–Trinajstić information content (AvgIpc) is 3.03. The summed E-state index contributed by atoms with van der Waals surface area (Å²) in [6.07, 6.45) is 2.14. The van der Waals surface area contributed by atoms with Gasteiger partial charge >= 0.3 is 0 Å². The third-order valence-corrected chi connectivity index (χ3v) is 7.25. The van der Waals surface area contributed by atoms with E-state index in [-0.39, 0.29) is 23.5 Å². The number of sulfone groups is 1. The number of amides is 1. The van der Waals surface area contributed by atoms with Gasteiger partial charge in [0.05, 0.1) is 29.7 Å². The molecule has 1 atom stereocenters. The van der Waals surface area contributed by atoms with Gasteiger partial charge in [-0.1, -0.05) is 11.6 Å². The first kappa shape index (κ1) is 21.3. The Bertz CT molecular complexity index is 766. The predicted octanol–water partition coefficient (Wildman–Crippen LogP) is 0.519. The standard InChI is InChI=1S/C18H27ClN4O4S/c1-27-10-9-23(16-4-11-28(25,26)14-16)18(24)13-21-5-7-22(8-6-21)17-3-2-15(19)12-20-17/h2-3,12,16H,4-11,13-14H2,1H3. The molecule has 1 aromatic rings. The Balaban J connectivity index is 1.54. The van der Waals surface area contributed by atoms with E-state index in [0.29, 0.717) is 31.1 Å². The van der Waals surface area contributed by atoms with Crippen molar-refractivity contribution in [3.63, 3.8) is 0 Å². The smallest absolute Gasteiger partial charge is 0.237 e. The maximum Gasteiger partial charge on any atom is 0.237 e. The van der Waals surface area contributed by atoms with Crippen molar-refractivity contribution in [1.29, 1.82) is 0 Å². The predicted molar refractivity (Wildman–Crippen MR) is 109 cm³/mol. The second-order valence-electron chi connectivity index (χ2n) is 7.23. The highest BCUT2D eigenvalue weighted by molar-refractivity contribution is 7.91. The van der Waals surface area contributed by atoms with Crippen molar-refractivity contribution in [3.8, 4) is 0 Å². The Labute approximate surface area is 171 Å². The van der Waals surface area contributed by atoms with Crippen molar-refractivity contribution in [3.05, 3.63) is 23.4 Å². The van der Waals surface area contributed by atoms with E-state index in [1.165, 1.54) is 0 Å². The Morgan fingerprint density at radius 3 is 2.64 bits per heavy atom. The van der Waals surface area contributed by atoms with Crippen LogP contribution in [0.15, 0.2) is 18.3 Å². The van der Waals surface area contributed by atoms with Gasteiger partial charge in [0.2, 0.25) is 5.91 Å². The fourth-order valence-electron chi connectivity index (χ4n) is 3.69. The van der Waals surface area contributed by atoms with Gasteiger partial charge in [-0.3, -0.25) is 9.69 Å². The number of halogens is 1.